The lowest BCUT2D eigenvalue weighted by Gasteiger charge is -2.25. The molecule has 0 fully saturated rings. The molecule has 1 aliphatic rings. The van der Waals surface area contributed by atoms with Crippen LogP contribution >= 0.6 is 23.2 Å². The van der Waals surface area contributed by atoms with E-state index in [1.165, 1.54) is 0 Å². The number of carbonyl (C=O) groups is 1. The van der Waals surface area contributed by atoms with E-state index in [2.05, 4.69) is 10.1 Å². The van der Waals surface area contributed by atoms with E-state index in [-0.39, 0.29) is 34.6 Å². The Morgan fingerprint density at radius 3 is 2.54 bits per heavy atom. The summed E-state index contributed by atoms with van der Waals surface area (Å²) in [6.45, 7) is 7.99. The second kappa shape index (κ2) is 8.87. The molecule has 1 aliphatic carbocycles. The number of halogens is 2. The van der Waals surface area contributed by atoms with Crippen LogP contribution in [0.3, 0.4) is 0 Å². The van der Waals surface area contributed by atoms with Gasteiger partial charge in [-0.05, 0) is 38.3 Å². The normalized spacial score (nSPS) is 18.5. The number of carbonyl (C=O) groups excluding carboxylic acids is 1. The molecule has 1 aromatic heterocycles. The molecule has 7 heteroatoms. The Kier molecular flexibility index (Phi) is 7.07. The Hall–Kier alpha value is -1.59. The molecule has 0 radical (unpaired) electrons. The molecule has 1 N–H and O–H groups in total. The van der Waals surface area contributed by atoms with Crippen molar-refractivity contribution in [2.75, 3.05) is 6.61 Å². The van der Waals surface area contributed by atoms with Gasteiger partial charge in [0.1, 0.15) is 17.5 Å². The summed E-state index contributed by atoms with van der Waals surface area (Å²) in [5, 5.41) is 15.3. The van der Waals surface area contributed by atoms with E-state index in [9.17, 15) is 9.90 Å². The van der Waals surface area contributed by atoms with E-state index >= 15 is 0 Å². The van der Waals surface area contributed by atoms with Gasteiger partial charge in [0, 0.05) is 24.5 Å². The van der Waals surface area contributed by atoms with E-state index in [4.69, 9.17) is 28.0 Å². The third-order valence-electron chi connectivity index (χ3n) is 4.58. The van der Waals surface area contributed by atoms with Crippen LogP contribution < -0.4 is 0 Å². The predicted molar refractivity (Wildman–Crippen MR) is 104 cm³/mol. The van der Waals surface area contributed by atoms with Gasteiger partial charge in [-0.15, -0.1) is 0 Å². The number of pyridine rings is 1. The van der Waals surface area contributed by atoms with Crippen molar-refractivity contribution in [2.24, 2.45) is 5.16 Å². The average molecular weight is 399 g/mol. The Morgan fingerprint density at radius 2 is 1.96 bits per heavy atom. The molecule has 1 atom stereocenters. The lowest BCUT2D eigenvalue weighted by Crippen LogP contribution is -2.25. The molecule has 0 saturated heterocycles. The maximum Gasteiger partial charge on any atom is 0.168 e. The topological polar surface area (TPSA) is 71.8 Å². The number of allylic oxidation sites excluding steroid dienone is 2. The van der Waals surface area contributed by atoms with Crippen LogP contribution in [0.2, 0.25) is 10.2 Å². The zero-order chi connectivity index (χ0) is 19.4. The third-order valence-corrected chi connectivity index (χ3v) is 5.41. The van der Waals surface area contributed by atoms with E-state index in [1.54, 1.807) is 0 Å². The van der Waals surface area contributed by atoms with Crippen LogP contribution in [0.5, 0.6) is 0 Å². The van der Waals surface area contributed by atoms with Crippen molar-refractivity contribution in [1.29, 1.82) is 0 Å². The highest BCUT2D eigenvalue weighted by Crippen LogP contribution is 2.38. The number of nitrogens with zero attached hydrogens (tertiary/aromatic N) is 2. The SMILES string of the molecule is CCC/C(=N\OCC)C1=C(O)CC(c2nc(Cl)c(Cl)c(C)c2C)CC1=O. The Balaban J connectivity index is 2.41. The number of oxime groups is 1. The molecule has 1 heterocycles. The largest absolute Gasteiger partial charge is 0.511 e. The summed E-state index contributed by atoms with van der Waals surface area (Å²) in [5.41, 5.74) is 3.23. The highest BCUT2D eigenvalue weighted by Gasteiger charge is 2.33. The summed E-state index contributed by atoms with van der Waals surface area (Å²) < 4.78 is 0. The molecule has 0 bridgehead atoms. The van der Waals surface area contributed by atoms with Crippen molar-refractivity contribution in [2.45, 2.75) is 59.3 Å². The Morgan fingerprint density at radius 1 is 1.27 bits per heavy atom. The quantitative estimate of drug-likeness (QED) is 0.392. The van der Waals surface area contributed by atoms with E-state index in [0.717, 1.165) is 17.5 Å². The molecule has 0 aliphatic heterocycles. The van der Waals surface area contributed by atoms with Gasteiger partial charge >= 0.3 is 0 Å². The standard InChI is InChI=1S/C19H24Cl2N2O3/c1-5-7-13(23-26-6-2)16-14(24)8-12(9-15(16)25)18-11(4)10(3)17(20)19(21)22-18/h12,24H,5-9H2,1-4H3/b23-13+. The van der Waals surface area contributed by atoms with Crippen LogP contribution in [0.15, 0.2) is 16.5 Å². The maximum absolute atomic E-state index is 12.8. The summed E-state index contributed by atoms with van der Waals surface area (Å²) in [4.78, 5) is 22.3. The second-order valence-corrected chi connectivity index (χ2v) is 7.14. The van der Waals surface area contributed by atoms with Gasteiger partial charge in [-0.1, -0.05) is 41.7 Å². The molecule has 0 aromatic carbocycles. The molecule has 26 heavy (non-hydrogen) atoms. The summed E-state index contributed by atoms with van der Waals surface area (Å²) in [7, 11) is 0. The molecular weight excluding hydrogens is 375 g/mol. The highest BCUT2D eigenvalue weighted by atomic mass is 35.5. The number of aliphatic hydroxyl groups is 1. The summed E-state index contributed by atoms with van der Waals surface area (Å²) in [5.74, 6) is -0.367. The molecular formula is C19H24Cl2N2O3. The number of aromatic nitrogens is 1. The minimum atomic E-state index is -0.241. The maximum atomic E-state index is 12.8. The van der Waals surface area contributed by atoms with E-state index in [1.807, 2.05) is 27.7 Å². The molecule has 1 unspecified atom stereocenters. The molecule has 0 spiro atoms. The zero-order valence-electron chi connectivity index (χ0n) is 15.5. The molecule has 0 amide bonds. The van der Waals surface area contributed by atoms with Gasteiger partial charge < -0.3 is 9.94 Å². The van der Waals surface area contributed by atoms with Gasteiger partial charge in [0.15, 0.2) is 5.78 Å². The Labute approximate surface area is 164 Å². The third kappa shape index (κ3) is 4.21. The van der Waals surface area contributed by atoms with Crippen LogP contribution in [0.25, 0.3) is 0 Å². The highest BCUT2D eigenvalue weighted by molar-refractivity contribution is 6.41. The summed E-state index contributed by atoms with van der Waals surface area (Å²) >= 11 is 12.3. The predicted octanol–water partition coefficient (Wildman–Crippen LogP) is 5.46. The minimum absolute atomic E-state index is 0.0306. The number of Topliss-reactive ketones (excluding diaryl/α,β-unsaturated/α-hetero) is 1. The van der Waals surface area contributed by atoms with Gasteiger partial charge in [-0.25, -0.2) is 4.98 Å². The first-order chi connectivity index (χ1) is 12.3. The first-order valence-corrected chi connectivity index (χ1v) is 9.53. The van der Waals surface area contributed by atoms with E-state index in [0.29, 0.717) is 35.9 Å². The van der Waals surface area contributed by atoms with Crippen molar-refractivity contribution in [1.82, 2.24) is 4.98 Å². The van der Waals surface area contributed by atoms with Gasteiger partial charge in [0.05, 0.1) is 16.3 Å². The monoisotopic (exact) mass is 398 g/mol. The lowest BCUT2D eigenvalue weighted by molar-refractivity contribution is -0.116. The van der Waals surface area contributed by atoms with Crippen LogP contribution in [-0.2, 0) is 9.63 Å². The molecule has 5 nitrogen and oxygen atoms in total. The van der Waals surface area contributed by atoms with E-state index < -0.39 is 0 Å². The van der Waals surface area contributed by atoms with Crippen molar-refractivity contribution >= 4 is 34.7 Å². The van der Waals surface area contributed by atoms with Crippen molar-refractivity contribution in [3.63, 3.8) is 0 Å². The summed E-state index contributed by atoms with van der Waals surface area (Å²) in [6.07, 6.45) is 1.91. The van der Waals surface area contributed by atoms with Gasteiger partial charge in [-0.2, -0.15) is 0 Å². The minimum Gasteiger partial charge on any atom is -0.511 e. The van der Waals surface area contributed by atoms with Crippen LogP contribution in [0.1, 0.15) is 62.3 Å². The molecule has 1 aromatic rings. The molecule has 142 valence electrons. The number of hydrogen-bond acceptors (Lipinski definition) is 5. The zero-order valence-corrected chi connectivity index (χ0v) is 17.0. The first-order valence-electron chi connectivity index (χ1n) is 8.78. The first kappa shape index (κ1) is 20.7. The number of ketones is 1. The second-order valence-electron chi connectivity index (χ2n) is 6.41. The van der Waals surface area contributed by atoms with Crippen molar-refractivity contribution < 1.29 is 14.7 Å². The number of hydrogen-bond donors (Lipinski definition) is 1. The molecule has 0 saturated carbocycles. The van der Waals surface area contributed by atoms with Gasteiger partial charge in [0.2, 0.25) is 0 Å². The van der Waals surface area contributed by atoms with Crippen LogP contribution in [-0.4, -0.2) is 28.2 Å². The van der Waals surface area contributed by atoms with Gasteiger partial charge in [-0.3, -0.25) is 4.79 Å². The number of aliphatic hydroxyl groups excluding tert-OH is 1. The van der Waals surface area contributed by atoms with Crippen molar-refractivity contribution in [3.05, 3.63) is 38.3 Å². The average Bonchev–Trinajstić information content (AvgIpc) is 2.60. The molecule has 2 rings (SSSR count). The van der Waals surface area contributed by atoms with Gasteiger partial charge in [0.25, 0.3) is 0 Å². The summed E-state index contributed by atoms with van der Waals surface area (Å²) in [6, 6.07) is 0. The fourth-order valence-electron chi connectivity index (χ4n) is 3.16. The fourth-order valence-corrected chi connectivity index (χ4v) is 3.58. The van der Waals surface area contributed by atoms with Crippen LogP contribution in [0, 0.1) is 13.8 Å². The smallest absolute Gasteiger partial charge is 0.168 e. The van der Waals surface area contributed by atoms with Crippen LogP contribution in [0.4, 0.5) is 0 Å². The fraction of sp³-hybridized carbons (Fsp3) is 0.526. The van der Waals surface area contributed by atoms with Crippen molar-refractivity contribution in [3.8, 4) is 0 Å². The Bertz CT molecular complexity index is 773. The lowest BCUT2D eigenvalue weighted by atomic mass is 9.81. The number of rotatable bonds is 6.